The Hall–Kier alpha value is -3.80. The van der Waals surface area contributed by atoms with Gasteiger partial charge >= 0.3 is 12.1 Å². The monoisotopic (exact) mass is 461 g/mol. The van der Waals surface area contributed by atoms with Crippen molar-refractivity contribution in [2.45, 2.75) is 52.0 Å². The number of hydrogen-bond donors (Lipinski definition) is 1. The molecule has 0 aliphatic heterocycles. The van der Waals surface area contributed by atoms with Crippen molar-refractivity contribution in [3.8, 4) is 5.75 Å². The molecule has 0 bridgehead atoms. The smallest absolute Gasteiger partial charge is 0.408 e. The third-order valence-corrected chi connectivity index (χ3v) is 4.84. The summed E-state index contributed by atoms with van der Waals surface area (Å²) in [7, 11) is 0. The molecule has 178 valence electrons. The van der Waals surface area contributed by atoms with Crippen molar-refractivity contribution in [1.29, 1.82) is 0 Å². The molecule has 0 aliphatic carbocycles. The number of rotatable bonds is 9. The summed E-state index contributed by atoms with van der Waals surface area (Å²) < 4.78 is 16.6. The van der Waals surface area contributed by atoms with Crippen LogP contribution in [0, 0.1) is 0 Å². The lowest BCUT2D eigenvalue weighted by molar-refractivity contribution is -0.145. The predicted octanol–water partition coefficient (Wildman–Crippen LogP) is 5.96. The average Bonchev–Trinajstić information content (AvgIpc) is 2.81. The molecule has 6 nitrogen and oxygen atoms in total. The molecular formula is C28H31NO5. The molecule has 6 heteroatoms. The first-order valence-corrected chi connectivity index (χ1v) is 11.2. The molecule has 1 unspecified atom stereocenters. The van der Waals surface area contributed by atoms with Crippen LogP contribution in [-0.2, 0) is 27.5 Å². The maximum atomic E-state index is 12.6. The van der Waals surface area contributed by atoms with E-state index in [-0.39, 0.29) is 13.0 Å². The highest BCUT2D eigenvalue weighted by atomic mass is 16.6. The first-order valence-electron chi connectivity index (χ1n) is 11.2. The van der Waals surface area contributed by atoms with Gasteiger partial charge in [0.05, 0.1) is 12.5 Å². The van der Waals surface area contributed by atoms with Crippen LogP contribution in [0.15, 0.2) is 84.9 Å². The van der Waals surface area contributed by atoms with Crippen LogP contribution in [0.25, 0.3) is 0 Å². The van der Waals surface area contributed by atoms with E-state index in [1.165, 1.54) is 0 Å². The molecule has 3 rings (SSSR count). The molecule has 1 amide bonds. The number of carbonyl (C=O) groups is 2. The van der Waals surface area contributed by atoms with Crippen molar-refractivity contribution in [3.63, 3.8) is 0 Å². The summed E-state index contributed by atoms with van der Waals surface area (Å²) in [5.74, 6) is 0.268. The van der Waals surface area contributed by atoms with E-state index in [0.29, 0.717) is 12.4 Å². The van der Waals surface area contributed by atoms with Gasteiger partial charge in [0.25, 0.3) is 0 Å². The summed E-state index contributed by atoms with van der Waals surface area (Å²) in [6, 6.07) is 26.0. The molecule has 0 aliphatic rings. The molecule has 0 fully saturated rings. The lowest BCUT2D eigenvalue weighted by atomic mass is 10.0. The lowest BCUT2D eigenvalue weighted by Crippen LogP contribution is -2.36. The molecule has 34 heavy (non-hydrogen) atoms. The van der Waals surface area contributed by atoms with Crippen LogP contribution < -0.4 is 10.1 Å². The van der Waals surface area contributed by atoms with Crippen molar-refractivity contribution in [2.24, 2.45) is 0 Å². The molecule has 3 aromatic carbocycles. The number of hydrogen-bond acceptors (Lipinski definition) is 5. The molecular weight excluding hydrogens is 430 g/mol. The van der Waals surface area contributed by atoms with Gasteiger partial charge in [-0.3, -0.25) is 4.79 Å². The maximum absolute atomic E-state index is 12.6. The molecule has 0 saturated heterocycles. The van der Waals surface area contributed by atoms with Gasteiger partial charge in [-0.1, -0.05) is 72.8 Å². The van der Waals surface area contributed by atoms with Gasteiger partial charge in [0, 0.05) is 0 Å². The minimum Gasteiger partial charge on any atom is -0.489 e. The molecule has 1 N–H and O–H groups in total. The second-order valence-corrected chi connectivity index (χ2v) is 8.89. The molecule has 0 radical (unpaired) electrons. The number of ether oxygens (including phenoxy) is 3. The van der Waals surface area contributed by atoms with Crippen LogP contribution >= 0.6 is 0 Å². The van der Waals surface area contributed by atoms with Crippen molar-refractivity contribution >= 4 is 12.1 Å². The number of esters is 1. The van der Waals surface area contributed by atoms with Gasteiger partial charge < -0.3 is 19.5 Å². The maximum Gasteiger partial charge on any atom is 0.408 e. The third kappa shape index (κ3) is 8.62. The van der Waals surface area contributed by atoms with Crippen molar-refractivity contribution in [3.05, 3.63) is 102 Å². The van der Waals surface area contributed by atoms with E-state index < -0.39 is 23.7 Å². The van der Waals surface area contributed by atoms with Gasteiger partial charge in [0.1, 0.15) is 24.6 Å². The quantitative estimate of drug-likeness (QED) is 0.398. The molecule has 3 aromatic rings. The van der Waals surface area contributed by atoms with E-state index in [4.69, 9.17) is 14.2 Å². The Kier molecular flexibility index (Phi) is 8.68. The predicted molar refractivity (Wildman–Crippen MR) is 130 cm³/mol. The highest BCUT2D eigenvalue weighted by Crippen LogP contribution is 2.23. The van der Waals surface area contributed by atoms with Crippen LogP contribution in [0.3, 0.4) is 0 Å². The summed E-state index contributed by atoms with van der Waals surface area (Å²) in [5.41, 5.74) is 2.05. The summed E-state index contributed by atoms with van der Waals surface area (Å²) >= 11 is 0. The topological polar surface area (TPSA) is 73.9 Å². The highest BCUT2D eigenvalue weighted by Gasteiger charge is 2.23. The summed E-state index contributed by atoms with van der Waals surface area (Å²) in [6.45, 7) is 5.98. The van der Waals surface area contributed by atoms with Gasteiger partial charge in [0.15, 0.2) is 0 Å². The third-order valence-electron chi connectivity index (χ3n) is 4.84. The lowest BCUT2D eigenvalue weighted by Gasteiger charge is -2.23. The molecule has 0 spiro atoms. The molecule has 0 saturated carbocycles. The van der Waals surface area contributed by atoms with Crippen molar-refractivity contribution in [2.75, 3.05) is 0 Å². The normalized spacial score (nSPS) is 11.9. The van der Waals surface area contributed by atoms with E-state index in [0.717, 1.165) is 16.7 Å². The van der Waals surface area contributed by atoms with E-state index in [2.05, 4.69) is 5.32 Å². The Bertz CT molecular complexity index is 1040. The van der Waals surface area contributed by atoms with Crippen LogP contribution in [0.5, 0.6) is 5.75 Å². The van der Waals surface area contributed by atoms with Crippen LogP contribution in [-0.4, -0.2) is 17.7 Å². The number of carbonyl (C=O) groups excluding carboxylic acids is 2. The fourth-order valence-electron chi connectivity index (χ4n) is 3.20. The van der Waals surface area contributed by atoms with Crippen LogP contribution in [0.2, 0.25) is 0 Å². The first-order chi connectivity index (χ1) is 16.3. The number of amides is 1. The minimum atomic E-state index is -0.655. The summed E-state index contributed by atoms with van der Waals surface area (Å²) in [5, 5.41) is 2.79. The van der Waals surface area contributed by atoms with Gasteiger partial charge in [-0.25, -0.2) is 4.79 Å². The fourth-order valence-corrected chi connectivity index (χ4v) is 3.20. The number of nitrogens with one attached hydrogen (secondary N) is 1. The van der Waals surface area contributed by atoms with Crippen molar-refractivity contribution in [1.82, 2.24) is 5.32 Å². The van der Waals surface area contributed by atoms with Gasteiger partial charge in [-0.15, -0.1) is 0 Å². The molecule has 0 aromatic heterocycles. The summed E-state index contributed by atoms with van der Waals surface area (Å²) in [6.07, 6.45) is -0.631. The average molecular weight is 462 g/mol. The molecule has 0 heterocycles. The number of benzene rings is 3. The molecule has 1 atom stereocenters. The zero-order chi connectivity index (χ0) is 24.4. The Morgan fingerprint density at radius 3 is 1.91 bits per heavy atom. The van der Waals surface area contributed by atoms with Crippen LogP contribution in [0.1, 0.15) is 49.9 Å². The second kappa shape index (κ2) is 11.9. The van der Waals surface area contributed by atoms with E-state index >= 15 is 0 Å². The number of alkyl carbamates (subject to hydrolysis) is 1. The van der Waals surface area contributed by atoms with Gasteiger partial charge in [-0.05, 0) is 49.6 Å². The largest absolute Gasteiger partial charge is 0.489 e. The second-order valence-electron chi connectivity index (χ2n) is 8.89. The van der Waals surface area contributed by atoms with Crippen molar-refractivity contribution < 1.29 is 23.8 Å². The highest BCUT2D eigenvalue weighted by molar-refractivity contribution is 5.73. The van der Waals surface area contributed by atoms with E-state index in [1.807, 2.05) is 84.9 Å². The minimum absolute atomic E-state index is 0.0315. The first kappa shape index (κ1) is 24.8. The zero-order valence-corrected chi connectivity index (χ0v) is 19.8. The fraction of sp³-hybridized carbons (Fsp3) is 0.286. The Balaban J connectivity index is 1.65. The van der Waals surface area contributed by atoms with Gasteiger partial charge in [-0.2, -0.15) is 0 Å². The van der Waals surface area contributed by atoms with E-state index in [1.54, 1.807) is 20.8 Å². The SMILES string of the molecule is CC(C)(C)OC(=O)NC(CC(=O)OCc1ccccc1)c1ccc(OCc2ccccc2)cc1. The van der Waals surface area contributed by atoms with Crippen LogP contribution in [0.4, 0.5) is 4.79 Å². The zero-order valence-electron chi connectivity index (χ0n) is 19.8. The van der Waals surface area contributed by atoms with E-state index in [9.17, 15) is 9.59 Å². The summed E-state index contributed by atoms with van der Waals surface area (Å²) in [4.78, 5) is 25.0. The standard InChI is InChI=1S/C28H31NO5/c1-28(2,3)34-27(31)29-25(18-26(30)33-20-22-12-8-5-9-13-22)23-14-16-24(17-15-23)32-19-21-10-6-4-7-11-21/h4-17,25H,18-20H2,1-3H3,(H,29,31). The Morgan fingerprint density at radius 1 is 0.794 bits per heavy atom. The Labute approximate surface area is 200 Å². The van der Waals surface area contributed by atoms with Gasteiger partial charge in [0.2, 0.25) is 0 Å². The Morgan fingerprint density at radius 2 is 1.35 bits per heavy atom.